The van der Waals surface area contributed by atoms with Gasteiger partial charge in [-0.1, -0.05) is 12.1 Å². The van der Waals surface area contributed by atoms with E-state index in [0.717, 1.165) is 51.3 Å². The van der Waals surface area contributed by atoms with E-state index in [-0.39, 0.29) is 5.91 Å². The molecule has 1 unspecified atom stereocenters. The van der Waals surface area contributed by atoms with Gasteiger partial charge >= 0.3 is 0 Å². The van der Waals surface area contributed by atoms with Crippen molar-refractivity contribution in [3.63, 3.8) is 0 Å². The maximum absolute atomic E-state index is 12.8. The number of carbonyl (C=O) groups excluding carboxylic acids is 1. The maximum atomic E-state index is 12.8. The van der Waals surface area contributed by atoms with Gasteiger partial charge in [0.15, 0.2) is 0 Å². The Morgan fingerprint density at radius 1 is 1.19 bits per heavy atom. The summed E-state index contributed by atoms with van der Waals surface area (Å²) in [6, 6.07) is 7.70. The molecule has 5 nitrogen and oxygen atoms in total. The average molecular weight is 386 g/mol. The summed E-state index contributed by atoms with van der Waals surface area (Å²) in [5.41, 5.74) is 2.60. The molecular formula is C21H27N3O2S. The minimum Gasteiger partial charge on any atom is -0.492 e. The van der Waals surface area contributed by atoms with Gasteiger partial charge < -0.3 is 9.64 Å². The summed E-state index contributed by atoms with van der Waals surface area (Å²) in [6.45, 7) is 5.55. The first-order chi connectivity index (χ1) is 13.3. The molecule has 144 valence electrons. The number of hydrogen-bond donors (Lipinski definition) is 0. The first-order valence-corrected chi connectivity index (χ1v) is 10.8. The molecule has 0 bridgehead atoms. The van der Waals surface area contributed by atoms with Gasteiger partial charge in [-0.05, 0) is 44.4 Å². The fourth-order valence-electron chi connectivity index (χ4n) is 4.04. The van der Waals surface area contributed by atoms with E-state index in [0.29, 0.717) is 18.1 Å². The fourth-order valence-corrected chi connectivity index (χ4v) is 4.67. The van der Waals surface area contributed by atoms with E-state index in [1.807, 2.05) is 40.9 Å². The molecule has 6 heteroatoms. The molecule has 3 heterocycles. The molecule has 4 rings (SSSR count). The summed E-state index contributed by atoms with van der Waals surface area (Å²) in [7, 11) is 0. The quantitative estimate of drug-likeness (QED) is 0.761. The van der Waals surface area contributed by atoms with Gasteiger partial charge in [0.05, 0.1) is 17.7 Å². The maximum Gasteiger partial charge on any atom is 0.257 e. The van der Waals surface area contributed by atoms with Crippen molar-refractivity contribution in [1.82, 2.24) is 14.8 Å². The third-order valence-electron chi connectivity index (χ3n) is 5.45. The fraction of sp³-hybridized carbons (Fsp3) is 0.524. The van der Waals surface area contributed by atoms with Crippen LogP contribution in [0.25, 0.3) is 0 Å². The summed E-state index contributed by atoms with van der Waals surface area (Å²) in [4.78, 5) is 22.7. The minimum absolute atomic E-state index is 0.110. The topological polar surface area (TPSA) is 45.7 Å². The number of benzene rings is 1. The van der Waals surface area contributed by atoms with Crippen LogP contribution in [0.3, 0.4) is 0 Å². The van der Waals surface area contributed by atoms with Crippen molar-refractivity contribution in [3.8, 4) is 5.75 Å². The highest BCUT2D eigenvalue weighted by Gasteiger charge is 2.24. The van der Waals surface area contributed by atoms with Gasteiger partial charge in [-0.15, -0.1) is 11.3 Å². The molecule has 1 atom stereocenters. The van der Waals surface area contributed by atoms with Crippen LogP contribution in [-0.2, 0) is 6.54 Å². The zero-order chi connectivity index (χ0) is 18.5. The number of amides is 1. The predicted octanol–water partition coefficient (Wildman–Crippen LogP) is 3.67. The van der Waals surface area contributed by atoms with Crippen LogP contribution < -0.4 is 4.74 Å². The number of piperidine rings is 1. The van der Waals surface area contributed by atoms with Gasteiger partial charge in [-0.3, -0.25) is 14.7 Å². The first kappa shape index (κ1) is 18.4. The summed E-state index contributed by atoms with van der Waals surface area (Å²) < 4.78 is 6.16. The number of aromatic nitrogens is 1. The molecule has 0 saturated carbocycles. The standard InChI is InChI=1S/C21H27N3O2S/c25-21(24-10-3-4-11-24)19-7-1-2-8-20(19)26-15-17-6-5-9-23(13-17)14-18-12-22-16-27-18/h1-2,7-8,12,16-17H,3-6,9-11,13-15H2. The van der Waals surface area contributed by atoms with Crippen molar-refractivity contribution < 1.29 is 9.53 Å². The monoisotopic (exact) mass is 385 g/mol. The molecule has 0 N–H and O–H groups in total. The molecule has 27 heavy (non-hydrogen) atoms. The van der Waals surface area contributed by atoms with Gasteiger partial charge in [-0.2, -0.15) is 0 Å². The Hall–Kier alpha value is -1.92. The Morgan fingerprint density at radius 3 is 2.85 bits per heavy atom. The van der Waals surface area contributed by atoms with Crippen LogP contribution in [0, 0.1) is 5.92 Å². The number of para-hydroxylation sites is 1. The van der Waals surface area contributed by atoms with Gasteiger partial charge in [0, 0.05) is 43.2 Å². The molecule has 2 aliphatic rings. The van der Waals surface area contributed by atoms with Crippen LogP contribution in [0.15, 0.2) is 36.0 Å². The second-order valence-electron chi connectivity index (χ2n) is 7.52. The molecule has 1 aromatic heterocycles. The van der Waals surface area contributed by atoms with Crippen molar-refractivity contribution in [3.05, 3.63) is 46.4 Å². The van der Waals surface area contributed by atoms with Crippen LogP contribution in [0.2, 0.25) is 0 Å². The molecule has 1 aromatic carbocycles. The van der Waals surface area contributed by atoms with E-state index in [4.69, 9.17) is 4.74 Å². The van der Waals surface area contributed by atoms with Crippen molar-refractivity contribution >= 4 is 17.2 Å². The zero-order valence-electron chi connectivity index (χ0n) is 15.7. The number of rotatable bonds is 6. The van der Waals surface area contributed by atoms with Crippen LogP contribution >= 0.6 is 11.3 Å². The lowest BCUT2D eigenvalue weighted by Gasteiger charge is -2.32. The minimum atomic E-state index is 0.110. The van der Waals surface area contributed by atoms with Crippen molar-refractivity contribution in [2.75, 3.05) is 32.8 Å². The highest BCUT2D eigenvalue weighted by molar-refractivity contribution is 7.09. The Kier molecular flexibility index (Phi) is 6.04. The lowest BCUT2D eigenvalue weighted by atomic mass is 9.99. The Bertz CT molecular complexity index is 744. The van der Waals surface area contributed by atoms with Gasteiger partial charge in [-0.25, -0.2) is 0 Å². The number of thiazole rings is 1. The van der Waals surface area contributed by atoms with Crippen LogP contribution in [-0.4, -0.2) is 53.5 Å². The van der Waals surface area contributed by atoms with Crippen molar-refractivity contribution in [2.24, 2.45) is 5.92 Å². The molecule has 1 amide bonds. The molecule has 2 aromatic rings. The summed E-state index contributed by atoms with van der Waals surface area (Å²) in [5, 5.41) is 0. The van der Waals surface area contributed by atoms with Crippen LogP contribution in [0.5, 0.6) is 5.75 Å². The molecular weight excluding hydrogens is 358 g/mol. The Balaban J connectivity index is 1.35. The second kappa shape index (κ2) is 8.85. The average Bonchev–Trinajstić information content (AvgIpc) is 3.40. The van der Waals surface area contributed by atoms with Crippen molar-refractivity contribution in [1.29, 1.82) is 0 Å². The molecule has 0 radical (unpaired) electrons. The number of hydrogen-bond acceptors (Lipinski definition) is 5. The third-order valence-corrected chi connectivity index (χ3v) is 6.22. The summed E-state index contributed by atoms with van der Waals surface area (Å²) >= 11 is 1.72. The normalized spacial score (nSPS) is 20.7. The molecule has 2 aliphatic heterocycles. The van der Waals surface area contributed by atoms with Gasteiger partial charge in [0.25, 0.3) is 5.91 Å². The molecule has 0 aliphatic carbocycles. The van der Waals surface area contributed by atoms with Gasteiger partial charge in [0.2, 0.25) is 0 Å². The summed E-state index contributed by atoms with van der Waals surface area (Å²) in [5.74, 6) is 1.34. The zero-order valence-corrected chi connectivity index (χ0v) is 16.5. The lowest BCUT2D eigenvalue weighted by Crippen LogP contribution is -2.37. The van der Waals surface area contributed by atoms with E-state index < -0.39 is 0 Å². The first-order valence-electron chi connectivity index (χ1n) is 9.90. The van der Waals surface area contributed by atoms with E-state index in [9.17, 15) is 4.79 Å². The lowest BCUT2D eigenvalue weighted by molar-refractivity contribution is 0.0784. The van der Waals surface area contributed by atoms with Crippen molar-refractivity contribution in [2.45, 2.75) is 32.2 Å². The van der Waals surface area contributed by atoms with Gasteiger partial charge in [0.1, 0.15) is 5.75 Å². The molecule has 2 fully saturated rings. The number of ether oxygens (including phenoxy) is 1. The van der Waals surface area contributed by atoms with Crippen LogP contribution in [0.1, 0.15) is 40.9 Å². The SMILES string of the molecule is O=C(c1ccccc1OCC1CCCN(Cc2cncs2)C1)N1CCCC1. The number of nitrogens with zero attached hydrogens (tertiary/aromatic N) is 3. The number of carbonyl (C=O) groups is 1. The Morgan fingerprint density at radius 2 is 2.04 bits per heavy atom. The number of likely N-dealkylation sites (tertiary alicyclic amines) is 2. The largest absolute Gasteiger partial charge is 0.492 e. The van der Waals surface area contributed by atoms with E-state index in [2.05, 4.69) is 9.88 Å². The van der Waals surface area contributed by atoms with E-state index in [1.165, 1.54) is 17.7 Å². The highest BCUT2D eigenvalue weighted by Crippen LogP contribution is 2.25. The highest BCUT2D eigenvalue weighted by atomic mass is 32.1. The Labute approximate surface area is 165 Å². The molecule has 0 spiro atoms. The van der Waals surface area contributed by atoms with E-state index >= 15 is 0 Å². The predicted molar refractivity (Wildman–Crippen MR) is 107 cm³/mol. The third kappa shape index (κ3) is 4.68. The smallest absolute Gasteiger partial charge is 0.257 e. The van der Waals surface area contributed by atoms with E-state index in [1.54, 1.807) is 11.3 Å². The second-order valence-corrected chi connectivity index (χ2v) is 8.49. The summed E-state index contributed by atoms with van der Waals surface area (Å²) in [6.07, 6.45) is 6.55. The van der Waals surface area contributed by atoms with Crippen LogP contribution in [0.4, 0.5) is 0 Å². The molecule has 2 saturated heterocycles.